The molecule has 1 N–H and O–H groups in total. The van der Waals surface area contributed by atoms with Crippen molar-refractivity contribution in [3.8, 4) is 11.5 Å². The third-order valence-electron chi connectivity index (χ3n) is 5.82. The smallest absolute Gasteiger partial charge is 0.294 e. The molecule has 3 aromatic rings. The predicted molar refractivity (Wildman–Crippen MR) is 163 cm³/mol. The van der Waals surface area contributed by atoms with Gasteiger partial charge in [0.1, 0.15) is 13.2 Å². The van der Waals surface area contributed by atoms with E-state index < -0.39 is 17.1 Å². The molecule has 0 saturated carbocycles. The summed E-state index contributed by atoms with van der Waals surface area (Å²) in [5.41, 5.74) is 3.17. The summed E-state index contributed by atoms with van der Waals surface area (Å²) < 4.78 is 12.4. The largest absolute Gasteiger partial charge is 0.490 e. The van der Waals surface area contributed by atoms with Gasteiger partial charge < -0.3 is 14.8 Å². The maximum absolute atomic E-state index is 13.0. The molecule has 7 nitrogen and oxygen atoms in total. The van der Waals surface area contributed by atoms with E-state index in [1.807, 2.05) is 32.0 Å². The summed E-state index contributed by atoms with van der Waals surface area (Å²) in [6.45, 7) is 4.11. The first-order valence-corrected chi connectivity index (χ1v) is 14.7. The normalized spacial score (nSPS) is 14.1. The van der Waals surface area contributed by atoms with Gasteiger partial charge in [-0.15, -0.1) is 0 Å². The second-order valence-electron chi connectivity index (χ2n) is 8.67. The van der Waals surface area contributed by atoms with Crippen LogP contribution >= 0.6 is 50.9 Å². The number of carbonyl (C=O) groups is 3. The summed E-state index contributed by atoms with van der Waals surface area (Å²) >= 11 is 16.4. The molecule has 1 aliphatic heterocycles. The molecule has 4 rings (SSSR count). The number of aryl methyl sites for hydroxylation is 1. The third kappa shape index (κ3) is 7.40. The standard InChI is InChI=1S/C29H25BrCl2N2O5S/c1-3-17-5-8-20(9-6-17)33-26(35)15-34-28(36)25(40-29(34)37)14-19-11-21(30)27(24(13-19)38-4-2)39-16-18-7-10-22(31)23(32)12-18/h5-14H,3-4,15-16H2,1-2H3,(H,33,35)/b25-14+. The first-order valence-electron chi connectivity index (χ1n) is 12.4. The van der Waals surface area contributed by atoms with Gasteiger partial charge in [0.25, 0.3) is 11.1 Å². The quantitative estimate of drug-likeness (QED) is 0.222. The Morgan fingerprint density at radius 2 is 1.73 bits per heavy atom. The zero-order valence-electron chi connectivity index (χ0n) is 21.6. The lowest BCUT2D eigenvalue weighted by Gasteiger charge is -2.15. The molecular formula is C29H25BrCl2N2O5S. The van der Waals surface area contributed by atoms with Crippen molar-refractivity contribution in [3.63, 3.8) is 0 Å². The molecule has 0 unspecified atom stereocenters. The average Bonchev–Trinajstić information content (AvgIpc) is 3.18. The van der Waals surface area contributed by atoms with Gasteiger partial charge in [-0.1, -0.05) is 48.3 Å². The molecule has 1 heterocycles. The highest BCUT2D eigenvalue weighted by Gasteiger charge is 2.36. The van der Waals surface area contributed by atoms with Crippen LogP contribution in [0.2, 0.25) is 10.0 Å². The minimum atomic E-state index is -0.541. The van der Waals surface area contributed by atoms with Crippen molar-refractivity contribution in [1.29, 1.82) is 0 Å². The number of hydrogen-bond donors (Lipinski definition) is 1. The lowest BCUT2D eigenvalue weighted by Crippen LogP contribution is -2.36. The van der Waals surface area contributed by atoms with E-state index in [-0.39, 0.29) is 18.1 Å². The number of thioether (sulfide) groups is 1. The van der Waals surface area contributed by atoms with Crippen LogP contribution in [0.5, 0.6) is 11.5 Å². The Kier molecular flexibility index (Phi) is 10.2. The van der Waals surface area contributed by atoms with Gasteiger partial charge in [-0.25, -0.2) is 0 Å². The van der Waals surface area contributed by atoms with Crippen LogP contribution in [-0.4, -0.2) is 35.1 Å². The minimum absolute atomic E-state index is 0.198. The summed E-state index contributed by atoms with van der Waals surface area (Å²) in [6, 6.07) is 16.1. The van der Waals surface area contributed by atoms with E-state index in [1.54, 1.807) is 42.5 Å². The topological polar surface area (TPSA) is 84.9 Å². The van der Waals surface area contributed by atoms with E-state index in [2.05, 4.69) is 21.2 Å². The van der Waals surface area contributed by atoms with Crippen molar-refractivity contribution in [3.05, 3.63) is 90.7 Å². The number of benzene rings is 3. The van der Waals surface area contributed by atoms with E-state index in [0.717, 1.165) is 34.2 Å². The number of halogens is 3. The molecule has 0 aliphatic carbocycles. The highest BCUT2D eigenvalue weighted by Crippen LogP contribution is 2.40. The lowest BCUT2D eigenvalue weighted by atomic mass is 10.1. The monoisotopic (exact) mass is 662 g/mol. The molecule has 1 saturated heterocycles. The van der Waals surface area contributed by atoms with Gasteiger partial charge in [-0.05, 0) is 100 Å². The zero-order valence-corrected chi connectivity index (χ0v) is 25.5. The number of nitrogens with one attached hydrogen (secondary N) is 1. The van der Waals surface area contributed by atoms with E-state index in [4.69, 9.17) is 32.7 Å². The molecule has 1 fully saturated rings. The van der Waals surface area contributed by atoms with Gasteiger partial charge in [0.05, 0.1) is 26.0 Å². The molecule has 3 aromatic carbocycles. The Bertz CT molecular complexity index is 1480. The Morgan fingerprint density at radius 1 is 1.00 bits per heavy atom. The van der Waals surface area contributed by atoms with Gasteiger partial charge in [-0.2, -0.15) is 0 Å². The Morgan fingerprint density at radius 3 is 2.40 bits per heavy atom. The number of nitrogens with zero attached hydrogens (tertiary/aromatic N) is 1. The third-order valence-corrected chi connectivity index (χ3v) is 8.05. The minimum Gasteiger partial charge on any atom is -0.490 e. The molecule has 0 bridgehead atoms. The van der Waals surface area contributed by atoms with Crippen LogP contribution in [0.3, 0.4) is 0 Å². The van der Waals surface area contributed by atoms with Crippen molar-refractivity contribution >= 4 is 79.7 Å². The fourth-order valence-corrected chi connectivity index (χ4v) is 5.55. The Balaban J connectivity index is 1.47. The number of imide groups is 1. The summed E-state index contributed by atoms with van der Waals surface area (Å²) in [5, 5.41) is 3.10. The van der Waals surface area contributed by atoms with Gasteiger partial charge >= 0.3 is 0 Å². The van der Waals surface area contributed by atoms with E-state index in [0.29, 0.717) is 43.9 Å². The Hall–Kier alpha value is -2.98. The van der Waals surface area contributed by atoms with Crippen LogP contribution in [0.4, 0.5) is 10.5 Å². The molecule has 3 amide bonds. The number of carbonyl (C=O) groups excluding carboxylic acids is 3. The van der Waals surface area contributed by atoms with Crippen LogP contribution in [-0.2, 0) is 22.6 Å². The highest BCUT2D eigenvalue weighted by molar-refractivity contribution is 9.10. The summed E-state index contributed by atoms with van der Waals surface area (Å²) in [7, 11) is 0. The van der Waals surface area contributed by atoms with E-state index in [1.165, 1.54) is 0 Å². The molecule has 11 heteroatoms. The molecule has 0 aromatic heterocycles. The van der Waals surface area contributed by atoms with Crippen molar-refractivity contribution < 1.29 is 23.9 Å². The number of hydrogen-bond acceptors (Lipinski definition) is 6. The first kappa shape index (κ1) is 30.0. The van der Waals surface area contributed by atoms with Crippen LogP contribution in [0.1, 0.15) is 30.5 Å². The molecule has 1 aliphatic rings. The summed E-state index contributed by atoms with van der Waals surface area (Å²) in [4.78, 5) is 39.3. The summed E-state index contributed by atoms with van der Waals surface area (Å²) in [6.07, 6.45) is 2.47. The molecule has 0 atom stereocenters. The SMILES string of the molecule is CCOc1cc(/C=C2/SC(=O)N(CC(=O)Nc3ccc(CC)cc3)C2=O)cc(Br)c1OCc1ccc(Cl)c(Cl)c1. The number of anilines is 1. The highest BCUT2D eigenvalue weighted by atomic mass is 79.9. The van der Waals surface area contributed by atoms with E-state index in [9.17, 15) is 14.4 Å². The fourth-order valence-electron chi connectivity index (χ4n) is 3.81. The van der Waals surface area contributed by atoms with Crippen LogP contribution in [0.15, 0.2) is 64.0 Å². The molecule has 40 heavy (non-hydrogen) atoms. The predicted octanol–water partition coefficient (Wildman–Crippen LogP) is 7.97. The lowest BCUT2D eigenvalue weighted by molar-refractivity contribution is -0.127. The molecule has 208 valence electrons. The summed E-state index contributed by atoms with van der Waals surface area (Å²) in [5.74, 6) is -0.0733. The number of ether oxygens (including phenoxy) is 2. The second kappa shape index (κ2) is 13.6. The molecule has 0 spiro atoms. The number of rotatable bonds is 10. The van der Waals surface area contributed by atoms with Crippen molar-refractivity contribution in [2.24, 2.45) is 0 Å². The van der Waals surface area contributed by atoms with Gasteiger partial charge in [-0.3, -0.25) is 19.3 Å². The van der Waals surface area contributed by atoms with Crippen molar-refractivity contribution in [2.45, 2.75) is 26.9 Å². The average molecular weight is 664 g/mol. The maximum Gasteiger partial charge on any atom is 0.294 e. The maximum atomic E-state index is 13.0. The van der Waals surface area contributed by atoms with Crippen LogP contribution in [0.25, 0.3) is 6.08 Å². The van der Waals surface area contributed by atoms with Crippen molar-refractivity contribution in [1.82, 2.24) is 4.90 Å². The van der Waals surface area contributed by atoms with E-state index >= 15 is 0 Å². The first-order chi connectivity index (χ1) is 19.2. The number of amides is 3. The van der Waals surface area contributed by atoms with Crippen molar-refractivity contribution in [2.75, 3.05) is 18.5 Å². The van der Waals surface area contributed by atoms with Crippen LogP contribution < -0.4 is 14.8 Å². The Labute approximate surface area is 254 Å². The van der Waals surface area contributed by atoms with Gasteiger partial charge in [0.2, 0.25) is 5.91 Å². The van der Waals surface area contributed by atoms with Gasteiger partial charge in [0, 0.05) is 5.69 Å². The zero-order chi connectivity index (χ0) is 28.8. The van der Waals surface area contributed by atoms with Gasteiger partial charge in [0.15, 0.2) is 11.5 Å². The van der Waals surface area contributed by atoms with Crippen LogP contribution in [0, 0.1) is 0 Å². The second-order valence-corrected chi connectivity index (χ2v) is 11.3. The fraction of sp³-hybridized carbons (Fsp3) is 0.207. The molecule has 0 radical (unpaired) electrons. The molecular weight excluding hydrogens is 639 g/mol.